The summed E-state index contributed by atoms with van der Waals surface area (Å²) in [5, 5.41) is 0.696. The summed E-state index contributed by atoms with van der Waals surface area (Å²) in [5.41, 5.74) is 0.964. The van der Waals surface area contributed by atoms with E-state index in [9.17, 15) is 4.79 Å². The molecule has 0 aliphatic heterocycles. The zero-order valence-electron chi connectivity index (χ0n) is 12.6. The van der Waals surface area contributed by atoms with Crippen LogP contribution >= 0.6 is 11.5 Å². The molecule has 0 saturated carbocycles. The van der Waals surface area contributed by atoms with Gasteiger partial charge in [0.05, 0.1) is 6.10 Å². The molecule has 0 radical (unpaired) electrons. The van der Waals surface area contributed by atoms with Gasteiger partial charge in [-0.1, -0.05) is 30.3 Å². The molecule has 0 saturated heterocycles. The van der Waals surface area contributed by atoms with Crippen LogP contribution in [0.2, 0.25) is 0 Å². The fourth-order valence-electron chi connectivity index (χ4n) is 1.72. The number of esters is 1. The lowest BCUT2D eigenvalue weighted by Gasteiger charge is -2.23. The largest absolute Gasteiger partial charge is 0.461 e. The van der Waals surface area contributed by atoms with Crippen LogP contribution in [0.25, 0.3) is 11.4 Å². The highest BCUT2D eigenvalue weighted by Crippen LogP contribution is 2.24. The number of hydrogen-bond acceptors (Lipinski definition) is 6. The Labute approximate surface area is 128 Å². The predicted octanol–water partition coefficient (Wildman–Crippen LogP) is 2.98. The molecule has 0 aliphatic carbocycles. The highest BCUT2D eigenvalue weighted by Gasteiger charge is 2.23. The van der Waals surface area contributed by atoms with Crippen molar-refractivity contribution in [1.29, 1.82) is 0 Å². The summed E-state index contributed by atoms with van der Waals surface area (Å²) in [6, 6.07) is 9.37. The maximum absolute atomic E-state index is 11.9. The van der Waals surface area contributed by atoms with E-state index in [0.29, 0.717) is 11.0 Å². The molecular formula is C15H19N3O2S. The van der Waals surface area contributed by atoms with Crippen molar-refractivity contribution in [3.8, 4) is 11.4 Å². The molecule has 0 amide bonds. The van der Waals surface area contributed by atoms with Crippen LogP contribution in [0.1, 0.15) is 20.8 Å². The van der Waals surface area contributed by atoms with E-state index in [1.165, 1.54) is 11.5 Å². The Bertz CT molecular complexity index is 598. The molecule has 1 heterocycles. The number of carbonyl (C=O) groups is 1. The minimum atomic E-state index is -0.399. The zero-order chi connectivity index (χ0) is 15.4. The lowest BCUT2D eigenvalue weighted by atomic mass is 10.2. The van der Waals surface area contributed by atoms with E-state index in [-0.39, 0.29) is 12.1 Å². The lowest BCUT2D eigenvalue weighted by molar-refractivity contribution is -0.148. The first-order valence-corrected chi connectivity index (χ1v) is 7.59. The fraction of sp³-hybridized carbons (Fsp3) is 0.400. The average molecular weight is 305 g/mol. The Balaban J connectivity index is 2.12. The number of ether oxygens (including phenoxy) is 1. The number of rotatable bonds is 5. The molecule has 2 rings (SSSR count). The molecule has 1 aromatic heterocycles. The summed E-state index contributed by atoms with van der Waals surface area (Å²) < 4.78 is 9.57. The standard InChI is InChI=1S/C15H19N3O2S/c1-10(2)20-14(19)11(3)18(4)15-16-13(17-21-15)12-8-6-5-7-9-12/h5-11H,1-4H3. The molecule has 1 unspecified atom stereocenters. The Kier molecular flexibility index (Phi) is 4.90. The predicted molar refractivity (Wildman–Crippen MR) is 84.4 cm³/mol. The lowest BCUT2D eigenvalue weighted by Crippen LogP contribution is -2.38. The van der Waals surface area contributed by atoms with Gasteiger partial charge in [0.1, 0.15) is 6.04 Å². The van der Waals surface area contributed by atoms with Gasteiger partial charge in [-0.25, -0.2) is 4.79 Å². The van der Waals surface area contributed by atoms with Crippen LogP contribution < -0.4 is 4.90 Å². The van der Waals surface area contributed by atoms with Gasteiger partial charge in [0.15, 0.2) is 5.82 Å². The van der Waals surface area contributed by atoms with Gasteiger partial charge >= 0.3 is 5.97 Å². The van der Waals surface area contributed by atoms with Gasteiger partial charge in [-0.15, -0.1) is 0 Å². The number of nitrogens with zero attached hydrogens (tertiary/aromatic N) is 3. The third-order valence-electron chi connectivity index (χ3n) is 3.02. The second-order valence-corrected chi connectivity index (χ2v) is 5.77. The van der Waals surface area contributed by atoms with E-state index in [0.717, 1.165) is 5.56 Å². The van der Waals surface area contributed by atoms with Gasteiger partial charge in [-0.05, 0) is 20.8 Å². The monoisotopic (exact) mass is 305 g/mol. The molecule has 0 N–H and O–H groups in total. The fourth-order valence-corrected chi connectivity index (χ4v) is 2.45. The topological polar surface area (TPSA) is 55.3 Å². The van der Waals surface area contributed by atoms with Crippen molar-refractivity contribution in [3.63, 3.8) is 0 Å². The molecule has 5 nitrogen and oxygen atoms in total. The third kappa shape index (κ3) is 3.78. The van der Waals surface area contributed by atoms with Crippen molar-refractivity contribution in [3.05, 3.63) is 30.3 Å². The van der Waals surface area contributed by atoms with E-state index in [1.807, 2.05) is 51.2 Å². The summed E-state index contributed by atoms with van der Waals surface area (Å²) in [5.74, 6) is 0.413. The van der Waals surface area contributed by atoms with E-state index >= 15 is 0 Å². The highest BCUT2D eigenvalue weighted by atomic mass is 32.1. The summed E-state index contributed by atoms with van der Waals surface area (Å²) in [4.78, 5) is 18.2. The second-order valence-electron chi connectivity index (χ2n) is 5.04. The van der Waals surface area contributed by atoms with Crippen molar-refractivity contribution in [1.82, 2.24) is 9.36 Å². The van der Waals surface area contributed by atoms with Crippen molar-refractivity contribution in [2.45, 2.75) is 32.9 Å². The van der Waals surface area contributed by atoms with Crippen LogP contribution in [0.3, 0.4) is 0 Å². The number of hydrogen-bond donors (Lipinski definition) is 0. The quantitative estimate of drug-likeness (QED) is 0.795. The van der Waals surface area contributed by atoms with Gasteiger partial charge in [-0.2, -0.15) is 9.36 Å². The summed E-state index contributed by atoms with van der Waals surface area (Å²) in [6.45, 7) is 5.47. The number of benzene rings is 1. The molecule has 0 fully saturated rings. The van der Waals surface area contributed by atoms with Crippen LogP contribution in [-0.4, -0.2) is 34.5 Å². The third-order valence-corrected chi connectivity index (χ3v) is 3.83. The Morgan fingerprint density at radius 2 is 1.90 bits per heavy atom. The van der Waals surface area contributed by atoms with Crippen LogP contribution in [0, 0.1) is 0 Å². The van der Waals surface area contributed by atoms with Crippen LogP contribution in [-0.2, 0) is 9.53 Å². The Hall–Kier alpha value is -1.95. The van der Waals surface area contributed by atoms with E-state index in [2.05, 4.69) is 9.36 Å². The molecule has 1 atom stereocenters. The normalized spacial score (nSPS) is 12.2. The van der Waals surface area contributed by atoms with Crippen molar-refractivity contribution in [2.24, 2.45) is 0 Å². The van der Waals surface area contributed by atoms with Crippen LogP contribution in [0.15, 0.2) is 30.3 Å². The minimum Gasteiger partial charge on any atom is -0.461 e. The zero-order valence-corrected chi connectivity index (χ0v) is 13.4. The maximum atomic E-state index is 11.9. The molecule has 0 bridgehead atoms. The van der Waals surface area contributed by atoms with Crippen LogP contribution in [0.4, 0.5) is 5.13 Å². The first-order chi connectivity index (χ1) is 9.99. The number of carbonyl (C=O) groups excluding carboxylic acids is 1. The van der Waals surface area contributed by atoms with Gasteiger partial charge in [0.25, 0.3) is 0 Å². The van der Waals surface area contributed by atoms with Crippen LogP contribution in [0.5, 0.6) is 0 Å². The summed E-state index contributed by atoms with van der Waals surface area (Å²) in [7, 11) is 1.82. The van der Waals surface area contributed by atoms with Gasteiger partial charge < -0.3 is 9.64 Å². The number of anilines is 1. The molecule has 6 heteroatoms. The Morgan fingerprint density at radius 1 is 1.24 bits per heavy atom. The van der Waals surface area contributed by atoms with Gasteiger partial charge in [0.2, 0.25) is 5.13 Å². The molecule has 112 valence electrons. The maximum Gasteiger partial charge on any atom is 0.328 e. The van der Waals surface area contributed by atoms with Crippen molar-refractivity contribution >= 4 is 22.6 Å². The SMILES string of the molecule is CC(C)OC(=O)C(C)N(C)c1nc(-c2ccccc2)ns1. The molecule has 1 aromatic carbocycles. The molecule has 0 spiro atoms. The number of likely N-dealkylation sites (N-methyl/N-ethyl adjacent to an activating group) is 1. The Morgan fingerprint density at radius 3 is 2.52 bits per heavy atom. The first-order valence-electron chi connectivity index (χ1n) is 6.81. The highest BCUT2D eigenvalue weighted by molar-refractivity contribution is 7.09. The van der Waals surface area contributed by atoms with Crippen molar-refractivity contribution < 1.29 is 9.53 Å². The molecule has 2 aromatic rings. The van der Waals surface area contributed by atoms with Gasteiger partial charge in [-0.3, -0.25) is 0 Å². The molecule has 21 heavy (non-hydrogen) atoms. The summed E-state index contributed by atoms with van der Waals surface area (Å²) >= 11 is 1.27. The van der Waals surface area contributed by atoms with Gasteiger partial charge in [0, 0.05) is 24.1 Å². The van der Waals surface area contributed by atoms with E-state index in [1.54, 1.807) is 11.8 Å². The average Bonchev–Trinajstić information content (AvgIpc) is 2.95. The number of aromatic nitrogens is 2. The summed E-state index contributed by atoms with van der Waals surface area (Å²) in [6.07, 6.45) is -0.123. The van der Waals surface area contributed by atoms with E-state index < -0.39 is 6.04 Å². The minimum absolute atomic E-state index is 0.123. The molecule has 0 aliphatic rings. The van der Waals surface area contributed by atoms with E-state index in [4.69, 9.17) is 4.74 Å². The smallest absolute Gasteiger partial charge is 0.328 e. The molecular weight excluding hydrogens is 286 g/mol. The first kappa shape index (κ1) is 15.4. The van der Waals surface area contributed by atoms with Crippen molar-refractivity contribution in [2.75, 3.05) is 11.9 Å². The second kappa shape index (κ2) is 6.67.